The summed E-state index contributed by atoms with van der Waals surface area (Å²) in [7, 11) is 0. The average molecular weight is 256 g/mol. The van der Waals surface area contributed by atoms with Crippen LogP contribution in [-0.4, -0.2) is 16.2 Å². The third-order valence-corrected chi connectivity index (χ3v) is 3.11. The summed E-state index contributed by atoms with van der Waals surface area (Å²) in [5.74, 6) is -0.797. The number of aliphatic hydroxyl groups is 1. The molecule has 0 aliphatic heterocycles. The molecule has 0 saturated heterocycles. The molecule has 0 aliphatic carbocycles. The van der Waals surface area contributed by atoms with Crippen LogP contribution in [0.1, 0.15) is 77.0 Å². The van der Waals surface area contributed by atoms with Crippen LogP contribution in [0, 0.1) is 13.0 Å². The van der Waals surface area contributed by atoms with E-state index in [2.05, 4.69) is 0 Å². The predicted molar refractivity (Wildman–Crippen MR) is 73.6 cm³/mol. The van der Waals surface area contributed by atoms with E-state index in [4.69, 9.17) is 10.2 Å². The molecule has 0 aliphatic rings. The maximum Gasteiger partial charge on any atom is 0.307 e. The molecule has 0 bridgehead atoms. The zero-order valence-electron chi connectivity index (χ0n) is 11.4. The van der Waals surface area contributed by atoms with Crippen molar-refractivity contribution in [3.8, 4) is 0 Å². The quantitative estimate of drug-likeness (QED) is 0.450. The summed E-state index contributed by atoms with van der Waals surface area (Å²) in [6, 6.07) is 0. The van der Waals surface area contributed by atoms with Crippen molar-refractivity contribution >= 4 is 5.97 Å². The van der Waals surface area contributed by atoms with E-state index in [0.717, 1.165) is 25.7 Å². The lowest BCUT2D eigenvalue weighted by molar-refractivity contribution is -0.133. The SMILES string of the molecule is O=C(O)[CH]CCCCCCCCCCCC[CH]O. The number of aliphatic hydroxyl groups excluding tert-OH is 1. The van der Waals surface area contributed by atoms with Crippen LogP contribution in [0.4, 0.5) is 0 Å². The van der Waals surface area contributed by atoms with E-state index in [1.54, 1.807) is 0 Å². The Hall–Kier alpha value is -0.570. The zero-order chi connectivity index (χ0) is 13.5. The van der Waals surface area contributed by atoms with Crippen LogP contribution in [0.15, 0.2) is 0 Å². The standard InChI is InChI=1S/C15H28O3/c16-14-12-10-8-6-4-2-1-3-5-7-9-11-13-15(17)18/h13-14,16H,1-12H2,(H,17,18). The lowest BCUT2D eigenvalue weighted by atomic mass is 10.0. The van der Waals surface area contributed by atoms with Gasteiger partial charge in [-0.15, -0.1) is 0 Å². The lowest BCUT2D eigenvalue weighted by Crippen LogP contribution is -1.94. The highest BCUT2D eigenvalue weighted by Gasteiger charge is 1.97. The summed E-state index contributed by atoms with van der Waals surface area (Å²) in [4.78, 5) is 10.2. The minimum atomic E-state index is -0.797. The Morgan fingerprint density at radius 3 is 1.50 bits per heavy atom. The number of rotatable bonds is 14. The van der Waals surface area contributed by atoms with Crippen LogP contribution in [0.25, 0.3) is 0 Å². The van der Waals surface area contributed by atoms with Crippen LogP contribution in [0.2, 0.25) is 0 Å². The van der Waals surface area contributed by atoms with Gasteiger partial charge in [-0.05, 0) is 12.8 Å². The van der Waals surface area contributed by atoms with Crippen LogP contribution in [0.3, 0.4) is 0 Å². The number of carbonyl (C=O) groups is 1. The molecule has 0 saturated carbocycles. The first-order valence-corrected chi connectivity index (χ1v) is 7.29. The molecule has 0 unspecified atom stereocenters. The van der Waals surface area contributed by atoms with Gasteiger partial charge in [0.1, 0.15) is 0 Å². The van der Waals surface area contributed by atoms with E-state index in [1.807, 2.05) is 0 Å². The lowest BCUT2D eigenvalue weighted by Gasteiger charge is -2.02. The van der Waals surface area contributed by atoms with Gasteiger partial charge in [0.2, 0.25) is 0 Å². The predicted octanol–water partition coefficient (Wildman–Crippen LogP) is 4.49. The number of unbranched alkanes of at least 4 members (excludes halogenated alkanes) is 11. The minimum Gasteiger partial charge on any atom is -0.481 e. The summed E-state index contributed by atoms with van der Waals surface area (Å²) in [5.41, 5.74) is 0. The topological polar surface area (TPSA) is 57.5 Å². The molecule has 106 valence electrons. The van der Waals surface area contributed by atoms with Gasteiger partial charge < -0.3 is 10.2 Å². The van der Waals surface area contributed by atoms with Crippen LogP contribution >= 0.6 is 0 Å². The van der Waals surface area contributed by atoms with Gasteiger partial charge in [0.15, 0.2) is 0 Å². The van der Waals surface area contributed by atoms with Gasteiger partial charge in [-0.3, -0.25) is 4.79 Å². The van der Waals surface area contributed by atoms with Crippen molar-refractivity contribution in [3.63, 3.8) is 0 Å². The normalized spacial score (nSPS) is 10.7. The highest BCUT2D eigenvalue weighted by Crippen LogP contribution is 2.12. The second-order valence-electron chi connectivity index (χ2n) is 4.84. The van der Waals surface area contributed by atoms with Crippen molar-refractivity contribution < 1.29 is 15.0 Å². The Morgan fingerprint density at radius 2 is 1.11 bits per heavy atom. The van der Waals surface area contributed by atoms with E-state index in [0.29, 0.717) is 6.42 Å². The molecular weight excluding hydrogens is 228 g/mol. The molecule has 0 fully saturated rings. The fourth-order valence-corrected chi connectivity index (χ4v) is 2.02. The third-order valence-electron chi connectivity index (χ3n) is 3.11. The number of carboxylic acid groups (broad SMARTS) is 1. The Kier molecular flexibility index (Phi) is 14.0. The fraction of sp³-hybridized carbons (Fsp3) is 0.800. The monoisotopic (exact) mass is 256 g/mol. The first-order chi connectivity index (χ1) is 8.77. The molecule has 0 aromatic rings. The Morgan fingerprint density at radius 1 is 0.722 bits per heavy atom. The second-order valence-corrected chi connectivity index (χ2v) is 4.84. The van der Waals surface area contributed by atoms with Gasteiger partial charge >= 0.3 is 5.97 Å². The summed E-state index contributed by atoms with van der Waals surface area (Å²) in [6.07, 6.45) is 15.1. The van der Waals surface area contributed by atoms with E-state index in [-0.39, 0.29) is 0 Å². The molecule has 0 rings (SSSR count). The molecule has 0 atom stereocenters. The largest absolute Gasteiger partial charge is 0.481 e. The third kappa shape index (κ3) is 15.4. The van der Waals surface area contributed by atoms with Gasteiger partial charge in [-0.2, -0.15) is 0 Å². The average Bonchev–Trinajstić information content (AvgIpc) is 2.34. The highest BCUT2D eigenvalue weighted by atomic mass is 16.4. The Labute approximate surface area is 112 Å². The number of aliphatic carboxylic acids is 1. The first kappa shape index (κ1) is 17.4. The van der Waals surface area contributed by atoms with Crippen LogP contribution in [0.5, 0.6) is 0 Å². The van der Waals surface area contributed by atoms with Crippen molar-refractivity contribution in [2.75, 3.05) is 0 Å². The smallest absolute Gasteiger partial charge is 0.307 e. The number of hydrogen-bond donors (Lipinski definition) is 2. The molecule has 2 radical (unpaired) electrons. The Bertz CT molecular complexity index is 181. The molecule has 3 nitrogen and oxygen atoms in total. The van der Waals surface area contributed by atoms with Crippen molar-refractivity contribution in [2.45, 2.75) is 77.0 Å². The molecule has 0 heterocycles. The maximum absolute atomic E-state index is 10.2. The minimum absolute atomic E-state index is 0.706. The molecule has 0 aromatic heterocycles. The number of carboxylic acids is 1. The molecule has 2 N–H and O–H groups in total. The van der Waals surface area contributed by atoms with Crippen LogP contribution < -0.4 is 0 Å². The molecule has 3 heteroatoms. The van der Waals surface area contributed by atoms with Crippen molar-refractivity contribution in [3.05, 3.63) is 13.0 Å². The summed E-state index contributed by atoms with van der Waals surface area (Å²) < 4.78 is 0. The fourth-order valence-electron chi connectivity index (χ4n) is 2.02. The maximum atomic E-state index is 10.2. The van der Waals surface area contributed by atoms with Crippen LogP contribution in [-0.2, 0) is 4.79 Å². The summed E-state index contributed by atoms with van der Waals surface area (Å²) in [5, 5.41) is 16.9. The molecule has 0 amide bonds. The van der Waals surface area contributed by atoms with Gasteiger partial charge in [0, 0.05) is 0 Å². The molecule has 18 heavy (non-hydrogen) atoms. The van der Waals surface area contributed by atoms with E-state index in [9.17, 15) is 4.79 Å². The molecule has 0 spiro atoms. The van der Waals surface area contributed by atoms with Gasteiger partial charge in [0.05, 0.1) is 13.0 Å². The molecule has 0 aromatic carbocycles. The van der Waals surface area contributed by atoms with Crippen molar-refractivity contribution in [1.82, 2.24) is 0 Å². The zero-order valence-corrected chi connectivity index (χ0v) is 11.4. The van der Waals surface area contributed by atoms with E-state index in [1.165, 1.54) is 58.0 Å². The Balaban J connectivity index is 2.92. The first-order valence-electron chi connectivity index (χ1n) is 7.29. The summed E-state index contributed by atoms with van der Waals surface area (Å²) >= 11 is 0. The van der Waals surface area contributed by atoms with Crippen molar-refractivity contribution in [1.29, 1.82) is 0 Å². The van der Waals surface area contributed by atoms with Gasteiger partial charge in [-0.25, -0.2) is 0 Å². The highest BCUT2D eigenvalue weighted by molar-refractivity contribution is 5.76. The van der Waals surface area contributed by atoms with Crippen molar-refractivity contribution in [2.24, 2.45) is 0 Å². The van der Waals surface area contributed by atoms with Gasteiger partial charge in [-0.1, -0.05) is 64.2 Å². The second kappa shape index (κ2) is 14.5. The summed E-state index contributed by atoms with van der Waals surface area (Å²) in [6.45, 7) is 1.25. The number of hydrogen-bond acceptors (Lipinski definition) is 2. The van der Waals surface area contributed by atoms with E-state index >= 15 is 0 Å². The van der Waals surface area contributed by atoms with Gasteiger partial charge in [0.25, 0.3) is 0 Å². The van der Waals surface area contributed by atoms with E-state index < -0.39 is 5.97 Å². The molecular formula is C15H28O3.